The Labute approximate surface area is 134 Å². The topological polar surface area (TPSA) is 23.6 Å². The number of carbonyl (C=O) groups excluding carboxylic acids is 1. The Bertz CT molecular complexity index is 479. The summed E-state index contributed by atoms with van der Waals surface area (Å²) in [7, 11) is 2.13. The van der Waals surface area contributed by atoms with E-state index in [9.17, 15) is 4.79 Å². The van der Waals surface area contributed by atoms with Gasteiger partial charge in [-0.05, 0) is 57.2 Å². The van der Waals surface area contributed by atoms with Gasteiger partial charge >= 0.3 is 0 Å². The molecule has 1 atom stereocenters. The normalized spacial score (nSPS) is 24.4. The molecule has 3 heteroatoms. The van der Waals surface area contributed by atoms with Crippen molar-refractivity contribution in [2.75, 3.05) is 33.2 Å². The second-order valence-corrected chi connectivity index (χ2v) is 7.06. The van der Waals surface area contributed by atoms with Crippen LogP contribution < -0.4 is 0 Å². The fraction of sp³-hybridized carbons (Fsp3) is 0.632. The van der Waals surface area contributed by atoms with Gasteiger partial charge in [0.25, 0.3) is 0 Å². The van der Waals surface area contributed by atoms with Crippen molar-refractivity contribution in [3.63, 3.8) is 0 Å². The van der Waals surface area contributed by atoms with Crippen LogP contribution in [0.5, 0.6) is 0 Å². The molecule has 3 rings (SSSR count). The first-order valence-electron chi connectivity index (χ1n) is 8.73. The molecule has 3 nitrogen and oxygen atoms in total. The minimum Gasteiger partial charge on any atom is -0.342 e. The van der Waals surface area contributed by atoms with Crippen LogP contribution in [0.1, 0.15) is 31.2 Å². The Morgan fingerprint density at radius 2 is 1.82 bits per heavy atom. The van der Waals surface area contributed by atoms with Gasteiger partial charge in [0.2, 0.25) is 5.91 Å². The number of nitrogens with zero attached hydrogens (tertiary/aromatic N) is 2. The summed E-state index contributed by atoms with van der Waals surface area (Å²) < 4.78 is 0. The van der Waals surface area contributed by atoms with Gasteiger partial charge in [-0.1, -0.05) is 30.3 Å². The number of carbonyl (C=O) groups is 1. The van der Waals surface area contributed by atoms with Crippen molar-refractivity contribution in [3.05, 3.63) is 35.9 Å². The zero-order chi connectivity index (χ0) is 15.4. The van der Waals surface area contributed by atoms with Gasteiger partial charge in [-0.2, -0.15) is 0 Å². The highest BCUT2D eigenvalue weighted by Gasteiger charge is 2.30. The number of hydrogen-bond acceptors (Lipinski definition) is 2. The summed E-state index contributed by atoms with van der Waals surface area (Å²) >= 11 is 0. The summed E-state index contributed by atoms with van der Waals surface area (Å²) in [6.07, 6.45) is 5.71. The molecule has 0 saturated carbocycles. The van der Waals surface area contributed by atoms with E-state index in [0.29, 0.717) is 5.91 Å². The summed E-state index contributed by atoms with van der Waals surface area (Å²) in [5, 5.41) is 0. The third-order valence-corrected chi connectivity index (χ3v) is 5.27. The van der Waals surface area contributed by atoms with Crippen LogP contribution in [-0.2, 0) is 11.2 Å². The minimum atomic E-state index is 0.240. The van der Waals surface area contributed by atoms with Crippen molar-refractivity contribution in [2.24, 2.45) is 11.8 Å². The van der Waals surface area contributed by atoms with Crippen molar-refractivity contribution in [3.8, 4) is 0 Å². The van der Waals surface area contributed by atoms with Crippen molar-refractivity contribution < 1.29 is 4.79 Å². The van der Waals surface area contributed by atoms with E-state index in [0.717, 1.165) is 64.2 Å². The van der Waals surface area contributed by atoms with Gasteiger partial charge in [0.1, 0.15) is 0 Å². The largest absolute Gasteiger partial charge is 0.342 e. The average Bonchev–Trinajstić information content (AvgIpc) is 2.56. The molecule has 2 fully saturated rings. The second-order valence-electron chi connectivity index (χ2n) is 7.06. The highest BCUT2D eigenvalue weighted by Crippen LogP contribution is 2.25. The lowest BCUT2D eigenvalue weighted by Gasteiger charge is -2.37. The molecular weight excluding hydrogens is 272 g/mol. The molecule has 0 radical (unpaired) electrons. The molecule has 1 aromatic rings. The number of benzene rings is 1. The third kappa shape index (κ3) is 3.89. The van der Waals surface area contributed by atoms with Gasteiger partial charge in [-0.15, -0.1) is 0 Å². The zero-order valence-electron chi connectivity index (χ0n) is 13.7. The molecule has 0 unspecified atom stereocenters. The van der Waals surface area contributed by atoms with Crippen LogP contribution in [0.2, 0.25) is 0 Å². The number of hydrogen-bond donors (Lipinski definition) is 0. The molecule has 1 amide bonds. The van der Waals surface area contributed by atoms with Crippen LogP contribution in [0, 0.1) is 11.8 Å². The Morgan fingerprint density at radius 1 is 1.09 bits per heavy atom. The van der Waals surface area contributed by atoms with E-state index in [1.165, 1.54) is 5.56 Å². The van der Waals surface area contributed by atoms with Gasteiger partial charge in [0.05, 0.1) is 5.92 Å². The molecule has 2 aliphatic heterocycles. The average molecular weight is 300 g/mol. The molecule has 0 bridgehead atoms. The predicted octanol–water partition coefficient (Wildman–Crippen LogP) is 2.81. The van der Waals surface area contributed by atoms with Crippen molar-refractivity contribution in [2.45, 2.75) is 32.1 Å². The van der Waals surface area contributed by atoms with Crippen LogP contribution in [0.3, 0.4) is 0 Å². The highest BCUT2D eigenvalue weighted by molar-refractivity contribution is 5.79. The number of amides is 1. The van der Waals surface area contributed by atoms with Crippen molar-refractivity contribution in [1.29, 1.82) is 0 Å². The Morgan fingerprint density at radius 3 is 2.50 bits per heavy atom. The van der Waals surface area contributed by atoms with Crippen LogP contribution >= 0.6 is 0 Å². The first-order valence-corrected chi connectivity index (χ1v) is 8.73. The van der Waals surface area contributed by atoms with Crippen LogP contribution in [0.25, 0.3) is 0 Å². The summed E-state index contributed by atoms with van der Waals surface area (Å²) in [4.78, 5) is 17.1. The number of piperidine rings is 2. The fourth-order valence-electron chi connectivity index (χ4n) is 3.93. The van der Waals surface area contributed by atoms with Gasteiger partial charge in [-0.3, -0.25) is 4.79 Å². The molecule has 1 aromatic carbocycles. The standard InChI is InChI=1S/C19H28N2O/c1-20-11-5-8-18(15-20)19(22)21-12-9-17(10-13-21)14-16-6-3-2-4-7-16/h2-4,6-7,17-18H,5,8-15H2,1H3/t18-/m1/s1. The molecule has 2 aliphatic rings. The molecule has 0 spiro atoms. The molecule has 2 saturated heterocycles. The van der Waals surface area contributed by atoms with Crippen LogP contribution in [0.4, 0.5) is 0 Å². The SMILES string of the molecule is CN1CCC[C@@H](C(=O)N2CCC(Cc3ccccc3)CC2)C1. The monoisotopic (exact) mass is 300 g/mol. The Balaban J connectivity index is 1.48. The van der Waals surface area contributed by atoms with E-state index < -0.39 is 0 Å². The van der Waals surface area contributed by atoms with Crippen molar-refractivity contribution >= 4 is 5.91 Å². The van der Waals surface area contributed by atoms with Crippen molar-refractivity contribution in [1.82, 2.24) is 9.80 Å². The molecule has 0 N–H and O–H groups in total. The summed E-state index contributed by atoms with van der Waals surface area (Å²) in [6, 6.07) is 10.7. The van der Waals surface area contributed by atoms with Crippen LogP contribution in [0.15, 0.2) is 30.3 Å². The van der Waals surface area contributed by atoms with Gasteiger partial charge in [0.15, 0.2) is 0 Å². The van der Waals surface area contributed by atoms with E-state index in [4.69, 9.17) is 0 Å². The van der Waals surface area contributed by atoms with E-state index in [1.807, 2.05) is 0 Å². The molecule has 0 aliphatic carbocycles. The Hall–Kier alpha value is -1.35. The number of rotatable bonds is 3. The summed E-state index contributed by atoms with van der Waals surface area (Å²) in [5.41, 5.74) is 1.43. The predicted molar refractivity (Wildman–Crippen MR) is 89.7 cm³/mol. The molecular formula is C19H28N2O. The molecule has 22 heavy (non-hydrogen) atoms. The molecule has 120 valence electrons. The lowest BCUT2D eigenvalue weighted by molar-refractivity contribution is -0.138. The maximum Gasteiger partial charge on any atom is 0.226 e. The lowest BCUT2D eigenvalue weighted by Crippen LogP contribution is -2.46. The van der Waals surface area contributed by atoms with Gasteiger partial charge < -0.3 is 9.80 Å². The van der Waals surface area contributed by atoms with E-state index in [2.05, 4.69) is 47.2 Å². The van der Waals surface area contributed by atoms with Gasteiger partial charge in [0, 0.05) is 19.6 Å². The summed E-state index contributed by atoms with van der Waals surface area (Å²) in [5.74, 6) is 1.38. The quantitative estimate of drug-likeness (QED) is 0.857. The third-order valence-electron chi connectivity index (χ3n) is 5.27. The fourth-order valence-corrected chi connectivity index (χ4v) is 3.93. The van der Waals surface area contributed by atoms with E-state index >= 15 is 0 Å². The maximum absolute atomic E-state index is 12.7. The highest BCUT2D eigenvalue weighted by atomic mass is 16.2. The number of likely N-dealkylation sites (tertiary alicyclic amines) is 2. The van der Waals surface area contributed by atoms with Gasteiger partial charge in [-0.25, -0.2) is 0 Å². The van der Waals surface area contributed by atoms with Crippen LogP contribution in [-0.4, -0.2) is 48.9 Å². The summed E-state index contributed by atoms with van der Waals surface area (Å²) in [6.45, 7) is 4.00. The van der Waals surface area contributed by atoms with E-state index in [1.54, 1.807) is 0 Å². The Kier molecular flexibility index (Phi) is 5.14. The smallest absolute Gasteiger partial charge is 0.226 e. The lowest BCUT2D eigenvalue weighted by atomic mass is 9.89. The first kappa shape index (κ1) is 15.5. The minimum absolute atomic E-state index is 0.240. The molecule has 2 heterocycles. The maximum atomic E-state index is 12.7. The second kappa shape index (κ2) is 7.28. The molecule has 0 aromatic heterocycles. The van der Waals surface area contributed by atoms with E-state index in [-0.39, 0.29) is 5.92 Å². The first-order chi connectivity index (χ1) is 10.7. The zero-order valence-corrected chi connectivity index (χ0v) is 13.7.